The normalized spacial score (nSPS) is 11.1. The molecule has 4 rings (SSSR count). The lowest BCUT2D eigenvalue weighted by Gasteiger charge is -2.08. The average Bonchev–Trinajstić information content (AvgIpc) is 3.22. The van der Waals surface area contributed by atoms with Crippen LogP contribution < -0.4 is 4.73 Å². The lowest BCUT2D eigenvalue weighted by atomic mass is 10.2. The molecule has 2 aromatic carbocycles. The van der Waals surface area contributed by atoms with E-state index >= 15 is 0 Å². The zero-order chi connectivity index (χ0) is 21.1. The van der Waals surface area contributed by atoms with Crippen LogP contribution in [0, 0.1) is 15.3 Å². The summed E-state index contributed by atoms with van der Waals surface area (Å²) in [6.07, 6.45) is 5.04. The molecule has 0 saturated heterocycles. The molecule has 0 saturated carbocycles. The highest BCUT2D eigenvalue weighted by Gasteiger charge is 2.16. The quantitative estimate of drug-likeness (QED) is 0.170. The summed E-state index contributed by atoms with van der Waals surface area (Å²) in [7, 11) is 0. The summed E-state index contributed by atoms with van der Waals surface area (Å²) in [5, 5.41) is 24.4. The highest BCUT2D eigenvalue weighted by atomic mass is 35.5. The minimum atomic E-state index is -0.504. The van der Waals surface area contributed by atoms with Crippen molar-refractivity contribution in [3.05, 3.63) is 104 Å². The molecule has 148 valence electrons. The van der Waals surface area contributed by atoms with Crippen molar-refractivity contribution in [2.75, 3.05) is 0 Å². The molecule has 0 atom stereocenters. The third-order valence-electron chi connectivity index (χ3n) is 4.37. The molecule has 0 fully saturated rings. The molecular weight excluding hydrogens is 422 g/mol. The first kappa shape index (κ1) is 19.8. The Hall–Kier alpha value is -3.55. The van der Waals surface area contributed by atoms with Gasteiger partial charge in [-0.05, 0) is 41.4 Å². The number of non-ortho nitro benzene ring substituents is 1. The number of thiophene rings is 1. The van der Waals surface area contributed by atoms with Gasteiger partial charge in [-0.25, -0.2) is 4.73 Å². The van der Waals surface area contributed by atoms with Crippen LogP contribution in [0.2, 0.25) is 5.02 Å². The Morgan fingerprint density at radius 3 is 2.67 bits per heavy atom. The highest BCUT2D eigenvalue weighted by molar-refractivity contribution is 7.16. The molecule has 0 aliphatic carbocycles. The maximum absolute atomic E-state index is 12.8. The smallest absolute Gasteiger partial charge is 0.333 e. The molecule has 0 radical (unpaired) electrons. The Balaban J connectivity index is 1.63. The van der Waals surface area contributed by atoms with Crippen LogP contribution in [-0.4, -0.2) is 9.91 Å². The SMILES string of the molecule is O=[N+]([O-])c1cccc(-c2nccc(C=Cc3ccc(-c4ccccc4Cl)s3)[n+]2[O-])c1. The van der Waals surface area contributed by atoms with Crippen LogP contribution in [-0.2, 0) is 0 Å². The summed E-state index contributed by atoms with van der Waals surface area (Å²) in [4.78, 5) is 16.6. The number of aromatic nitrogens is 2. The summed E-state index contributed by atoms with van der Waals surface area (Å²) in [5.74, 6) is 0.101. The highest BCUT2D eigenvalue weighted by Crippen LogP contribution is 2.33. The minimum Gasteiger partial charge on any atom is -0.710 e. The fraction of sp³-hybridized carbons (Fsp3) is 0. The van der Waals surface area contributed by atoms with Gasteiger partial charge in [0.2, 0.25) is 0 Å². The van der Waals surface area contributed by atoms with Crippen molar-refractivity contribution in [1.82, 2.24) is 4.98 Å². The van der Waals surface area contributed by atoms with Crippen LogP contribution in [0.15, 0.2) is 72.9 Å². The van der Waals surface area contributed by atoms with Crippen molar-refractivity contribution < 1.29 is 9.65 Å². The average molecular weight is 436 g/mol. The Morgan fingerprint density at radius 1 is 1.03 bits per heavy atom. The maximum Gasteiger partial charge on any atom is 0.333 e. The molecule has 0 aliphatic rings. The van der Waals surface area contributed by atoms with Crippen LogP contribution in [0.5, 0.6) is 0 Å². The second kappa shape index (κ2) is 8.44. The van der Waals surface area contributed by atoms with E-state index in [1.807, 2.05) is 42.5 Å². The molecule has 0 bridgehead atoms. The monoisotopic (exact) mass is 435 g/mol. The van der Waals surface area contributed by atoms with Crippen LogP contribution in [0.3, 0.4) is 0 Å². The van der Waals surface area contributed by atoms with Crippen molar-refractivity contribution in [2.24, 2.45) is 0 Å². The predicted molar refractivity (Wildman–Crippen MR) is 119 cm³/mol. The third kappa shape index (κ3) is 4.07. The molecule has 0 amide bonds. The van der Waals surface area contributed by atoms with Crippen LogP contribution in [0.1, 0.15) is 10.6 Å². The Labute approximate surface area is 181 Å². The molecule has 0 aliphatic heterocycles. The predicted octanol–water partition coefficient (Wildman–Crippen LogP) is 5.84. The molecular formula is C22H14ClN3O3S. The number of hydrogen-bond donors (Lipinski definition) is 0. The van der Waals surface area contributed by atoms with E-state index in [0.29, 0.717) is 21.0 Å². The summed E-state index contributed by atoms with van der Waals surface area (Å²) in [6.45, 7) is 0. The number of rotatable bonds is 5. The second-order valence-electron chi connectivity index (χ2n) is 6.31. The first-order chi connectivity index (χ1) is 14.5. The van der Waals surface area contributed by atoms with Crippen molar-refractivity contribution in [3.8, 4) is 21.8 Å². The van der Waals surface area contributed by atoms with E-state index in [2.05, 4.69) is 4.98 Å². The number of nitro benzene ring substituents is 1. The Bertz CT molecular complexity index is 1270. The Morgan fingerprint density at radius 2 is 1.87 bits per heavy atom. The third-order valence-corrected chi connectivity index (χ3v) is 5.78. The summed E-state index contributed by atoms with van der Waals surface area (Å²) in [6, 6.07) is 19.0. The lowest BCUT2D eigenvalue weighted by Crippen LogP contribution is -2.33. The lowest BCUT2D eigenvalue weighted by molar-refractivity contribution is -0.598. The Kier molecular flexibility index (Phi) is 5.56. The molecule has 4 aromatic rings. The molecule has 0 unspecified atom stereocenters. The van der Waals surface area contributed by atoms with Crippen molar-refractivity contribution >= 4 is 40.8 Å². The van der Waals surface area contributed by atoms with Crippen LogP contribution in [0.25, 0.3) is 34.0 Å². The van der Waals surface area contributed by atoms with E-state index in [1.165, 1.54) is 24.4 Å². The van der Waals surface area contributed by atoms with Crippen molar-refractivity contribution in [2.45, 2.75) is 0 Å². The van der Waals surface area contributed by atoms with Gasteiger partial charge >= 0.3 is 5.82 Å². The van der Waals surface area contributed by atoms with E-state index in [1.54, 1.807) is 29.5 Å². The van der Waals surface area contributed by atoms with E-state index in [9.17, 15) is 15.3 Å². The molecule has 2 aromatic heterocycles. The van der Waals surface area contributed by atoms with Gasteiger partial charge in [0.1, 0.15) is 11.9 Å². The summed E-state index contributed by atoms with van der Waals surface area (Å²) in [5.41, 5.74) is 1.62. The summed E-state index contributed by atoms with van der Waals surface area (Å²) < 4.78 is 0.665. The number of hydrogen-bond acceptors (Lipinski definition) is 5. The number of halogens is 1. The first-order valence-corrected chi connectivity index (χ1v) is 10.1. The van der Waals surface area contributed by atoms with E-state index in [-0.39, 0.29) is 11.5 Å². The molecule has 0 spiro atoms. The maximum atomic E-state index is 12.8. The van der Waals surface area contributed by atoms with Gasteiger partial charge in [-0.15, -0.1) is 11.3 Å². The van der Waals surface area contributed by atoms with Crippen molar-refractivity contribution in [1.29, 1.82) is 0 Å². The van der Waals surface area contributed by atoms with Gasteiger partial charge in [-0.3, -0.25) is 10.1 Å². The molecule has 0 N–H and O–H groups in total. The van der Waals surface area contributed by atoms with Gasteiger partial charge in [0.05, 0.1) is 10.5 Å². The number of nitrogens with zero attached hydrogens (tertiary/aromatic N) is 3. The van der Waals surface area contributed by atoms with Gasteiger partial charge in [-0.2, -0.15) is 0 Å². The fourth-order valence-corrected chi connectivity index (χ4v) is 4.16. The topological polar surface area (TPSA) is 83.0 Å². The molecule has 30 heavy (non-hydrogen) atoms. The van der Waals surface area contributed by atoms with E-state index in [4.69, 9.17) is 11.6 Å². The zero-order valence-electron chi connectivity index (χ0n) is 15.4. The van der Waals surface area contributed by atoms with Crippen molar-refractivity contribution in [3.63, 3.8) is 0 Å². The zero-order valence-corrected chi connectivity index (χ0v) is 17.0. The first-order valence-electron chi connectivity index (χ1n) is 8.89. The van der Waals surface area contributed by atoms with Crippen LogP contribution in [0.4, 0.5) is 5.69 Å². The van der Waals surface area contributed by atoms with Gasteiger partial charge in [0.15, 0.2) is 0 Å². The summed E-state index contributed by atoms with van der Waals surface area (Å²) >= 11 is 7.82. The molecule has 2 heterocycles. The molecule has 8 heteroatoms. The standard InChI is InChI=1S/C22H14ClN3O3S/c23-20-7-2-1-6-19(20)21-11-10-18(30-21)9-8-16-12-13-24-22(25(16)27)15-4-3-5-17(14-15)26(28)29/h1-14H. The van der Waals surface area contributed by atoms with E-state index < -0.39 is 4.92 Å². The van der Waals surface area contributed by atoms with Gasteiger partial charge in [0.25, 0.3) is 5.69 Å². The van der Waals surface area contributed by atoms with Gasteiger partial charge in [-0.1, -0.05) is 35.9 Å². The number of benzene rings is 2. The van der Waals surface area contributed by atoms with E-state index in [0.717, 1.165) is 15.3 Å². The van der Waals surface area contributed by atoms with Gasteiger partial charge in [0, 0.05) is 38.5 Å². The minimum absolute atomic E-state index is 0.0964. The van der Waals surface area contributed by atoms with Crippen LogP contribution >= 0.6 is 22.9 Å². The largest absolute Gasteiger partial charge is 0.710 e. The van der Waals surface area contributed by atoms with Gasteiger partial charge < -0.3 is 5.21 Å². The second-order valence-corrected chi connectivity index (χ2v) is 7.83. The fourth-order valence-electron chi connectivity index (χ4n) is 2.92. The molecule has 6 nitrogen and oxygen atoms in total. The number of nitro groups is 1.